The zero-order valence-electron chi connectivity index (χ0n) is 11.7. The lowest BCUT2D eigenvalue weighted by Crippen LogP contribution is -2.44. The van der Waals surface area contributed by atoms with Gasteiger partial charge in [-0.25, -0.2) is 4.98 Å². The fourth-order valence-corrected chi connectivity index (χ4v) is 2.81. The first-order chi connectivity index (χ1) is 8.88. The van der Waals surface area contributed by atoms with Crippen molar-refractivity contribution in [3.05, 3.63) is 23.2 Å². The molecular formula is C14H19N3OS. The number of hydrogen-bond donors (Lipinski definition) is 1. The first kappa shape index (κ1) is 13.8. The van der Waals surface area contributed by atoms with Crippen LogP contribution in [0.4, 0.5) is 5.69 Å². The maximum atomic E-state index is 12.6. The van der Waals surface area contributed by atoms with E-state index < -0.39 is 0 Å². The molecular weight excluding hydrogens is 258 g/mol. The predicted molar refractivity (Wildman–Crippen MR) is 80.5 cm³/mol. The van der Waals surface area contributed by atoms with E-state index in [9.17, 15) is 4.79 Å². The van der Waals surface area contributed by atoms with Crippen molar-refractivity contribution < 1.29 is 4.79 Å². The molecule has 5 heteroatoms. The van der Waals surface area contributed by atoms with E-state index in [-0.39, 0.29) is 11.4 Å². The highest BCUT2D eigenvalue weighted by Crippen LogP contribution is 2.34. The number of thiophene rings is 1. The van der Waals surface area contributed by atoms with Crippen molar-refractivity contribution in [3.63, 3.8) is 0 Å². The van der Waals surface area contributed by atoms with Gasteiger partial charge in [0.05, 0.1) is 5.69 Å². The highest BCUT2D eigenvalue weighted by Gasteiger charge is 2.29. The predicted octanol–water partition coefficient (Wildman–Crippen LogP) is 3.14. The Morgan fingerprint density at radius 3 is 2.79 bits per heavy atom. The SMILES string of the molecule is CCC(C)(C)N(C)C(=O)c1sc2ncccc2c1N. The molecule has 0 saturated carbocycles. The Balaban J connectivity index is 2.45. The molecule has 0 fully saturated rings. The number of nitrogens with zero attached hydrogens (tertiary/aromatic N) is 2. The third kappa shape index (κ3) is 2.30. The molecule has 19 heavy (non-hydrogen) atoms. The summed E-state index contributed by atoms with van der Waals surface area (Å²) in [6, 6.07) is 3.73. The highest BCUT2D eigenvalue weighted by atomic mass is 32.1. The molecule has 0 unspecified atom stereocenters. The Kier molecular flexibility index (Phi) is 3.49. The second-order valence-electron chi connectivity index (χ2n) is 5.23. The van der Waals surface area contributed by atoms with Crippen LogP contribution in [0.5, 0.6) is 0 Å². The van der Waals surface area contributed by atoms with Crippen LogP contribution in [-0.2, 0) is 0 Å². The van der Waals surface area contributed by atoms with Crippen LogP contribution in [0.25, 0.3) is 10.2 Å². The first-order valence-corrected chi connectivity index (χ1v) is 7.11. The van der Waals surface area contributed by atoms with Gasteiger partial charge in [-0.3, -0.25) is 4.79 Å². The van der Waals surface area contributed by atoms with Crippen molar-refractivity contribution in [3.8, 4) is 0 Å². The average Bonchev–Trinajstić information content (AvgIpc) is 2.75. The van der Waals surface area contributed by atoms with Crippen LogP contribution in [-0.4, -0.2) is 28.4 Å². The van der Waals surface area contributed by atoms with Gasteiger partial charge in [-0.05, 0) is 32.4 Å². The largest absolute Gasteiger partial charge is 0.397 e. The number of pyridine rings is 1. The van der Waals surface area contributed by atoms with Crippen molar-refractivity contribution in [1.82, 2.24) is 9.88 Å². The molecule has 0 aliphatic rings. The Morgan fingerprint density at radius 2 is 2.21 bits per heavy atom. The highest BCUT2D eigenvalue weighted by molar-refractivity contribution is 7.21. The van der Waals surface area contributed by atoms with Crippen molar-refractivity contribution in [1.29, 1.82) is 0 Å². The summed E-state index contributed by atoms with van der Waals surface area (Å²) in [4.78, 5) is 20.0. The lowest BCUT2D eigenvalue weighted by molar-refractivity contribution is 0.0626. The van der Waals surface area contributed by atoms with Crippen LogP contribution < -0.4 is 5.73 Å². The Hall–Kier alpha value is -1.62. The number of amides is 1. The number of nitrogen functional groups attached to an aromatic ring is 1. The van der Waals surface area contributed by atoms with Crippen molar-refractivity contribution in [2.45, 2.75) is 32.7 Å². The number of fused-ring (bicyclic) bond motifs is 1. The summed E-state index contributed by atoms with van der Waals surface area (Å²) in [7, 11) is 1.82. The topological polar surface area (TPSA) is 59.2 Å². The van der Waals surface area contributed by atoms with E-state index >= 15 is 0 Å². The minimum Gasteiger partial charge on any atom is -0.397 e. The minimum absolute atomic E-state index is 0.0349. The zero-order valence-corrected chi connectivity index (χ0v) is 12.5. The van der Waals surface area contributed by atoms with Gasteiger partial charge in [-0.1, -0.05) is 6.92 Å². The van der Waals surface area contributed by atoms with Crippen LogP contribution in [0.1, 0.15) is 36.9 Å². The normalized spacial score (nSPS) is 11.8. The molecule has 0 aliphatic carbocycles. The zero-order chi connectivity index (χ0) is 14.2. The van der Waals surface area contributed by atoms with Gasteiger partial charge < -0.3 is 10.6 Å². The summed E-state index contributed by atoms with van der Waals surface area (Å²) in [5, 5.41) is 0.860. The maximum Gasteiger partial charge on any atom is 0.266 e. The summed E-state index contributed by atoms with van der Waals surface area (Å²) in [6.45, 7) is 6.17. The molecule has 0 bridgehead atoms. The van der Waals surface area contributed by atoms with Crippen molar-refractivity contribution in [2.75, 3.05) is 12.8 Å². The summed E-state index contributed by atoms with van der Waals surface area (Å²) in [5.41, 5.74) is 6.44. The molecule has 4 nitrogen and oxygen atoms in total. The van der Waals surface area contributed by atoms with Gasteiger partial charge >= 0.3 is 0 Å². The fourth-order valence-electron chi connectivity index (χ4n) is 1.77. The monoisotopic (exact) mass is 277 g/mol. The van der Waals surface area contributed by atoms with Crippen LogP contribution in [0.3, 0.4) is 0 Å². The third-order valence-electron chi connectivity index (χ3n) is 3.78. The third-order valence-corrected chi connectivity index (χ3v) is 4.89. The number of aromatic nitrogens is 1. The van der Waals surface area contributed by atoms with Gasteiger partial charge in [-0.15, -0.1) is 11.3 Å². The molecule has 0 radical (unpaired) electrons. The van der Waals surface area contributed by atoms with Gasteiger partial charge in [-0.2, -0.15) is 0 Å². The van der Waals surface area contributed by atoms with E-state index in [1.807, 2.05) is 33.0 Å². The lowest BCUT2D eigenvalue weighted by atomic mass is 10.00. The van der Waals surface area contributed by atoms with Gasteiger partial charge in [0, 0.05) is 24.2 Å². The first-order valence-electron chi connectivity index (χ1n) is 6.29. The quantitative estimate of drug-likeness (QED) is 0.937. The molecule has 0 atom stereocenters. The molecule has 0 spiro atoms. The maximum absolute atomic E-state index is 12.6. The number of anilines is 1. The van der Waals surface area contributed by atoms with Crippen LogP contribution in [0.15, 0.2) is 18.3 Å². The van der Waals surface area contributed by atoms with E-state index in [4.69, 9.17) is 5.73 Å². The Morgan fingerprint density at radius 1 is 1.53 bits per heavy atom. The average molecular weight is 277 g/mol. The second-order valence-corrected chi connectivity index (χ2v) is 6.23. The summed E-state index contributed by atoms with van der Waals surface area (Å²) in [6.07, 6.45) is 2.60. The van der Waals surface area contributed by atoms with Crippen molar-refractivity contribution >= 4 is 33.1 Å². The summed E-state index contributed by atoms with van der Waals surface area (Å²) < 4.78 is 0. The number of nitrogens with two attached hydrogens (primary N) is 1. The van der Waals surface area contributed by atoms with E-state index in [0.717, 1.165) is 16.6 Å². The second kappa shape index (κ2) is 4.81. The molecule has 0 aromatic carbocycles. The smallest absolute Gasteiger partial charge is 0.266 e. The molecule has 2 heterocycles. The summed E-state index contributed by atoms with van der Waals surface area (Å²) in [5.74, 6) is -0.0349. The number of hydrogen-bond acceptors (Lipinski definition) is 4. The van der Waals surface area contributed by atoms with Crippen LogP contribution in [0.2, 0.25) is 0 Å². The number of rotatable bonds is 3. The van der Waals surface area contributed by atoms with Crippen molar-refractivity contribution in [2.24, 2.45) is 0 Å². The van der Waals surface area contributed by atoms with E-state index in [0.29, 0.717) is 10.6 Å². The molecule has 2 N–H and O–H groups in total. The van der Waals surface area contributed by atoms with Gasteiger partial charge in [0.1, 0.15) is 9.71 Å². The number of carbonyl (C=O) groups is 1. The molecule has 2 aromatic heterocycles. The molecule has 1 amide bonds. The van der Waals surface area contributed by atoms with Gasteiger partial charge in [0.15, 0.2) is 0 Å². The van der Waals surface area contributed by atoms with E-state index in [1.54, 1.807) is 11.1 Å². The molecule has 2 rings (SSSR count). The molecule has 2 aromatic rings. The van der Waals surface area contributed by atoms with Crippen LogP contribution >= 0.6 is 11.3 Å². The Bertz CT molecular complexity index is 618. The summed E-state index contributed by atoms with van der Waals surface area (Å²) >= 11 is 1.36. The Labute approximate surface area is 117 Å². The molecule has 102 valence electrons. The standard InChI is InChI=1S/C14H19N3OS/c1-5-14(2,3)17(4)13(18)11-10(15)9-7-6-8-16-12(9)19-11/h6-8H,5,15H2,1-4H3. The number of carbonyl (C=O) groups excluding carboxylic acids is 1. The van der Waals surface area contributed by atoms with Gasteiger partial charge in [0.2, 0.25) is 0 Å². The van der Waals surface area contributed by atoms with E-state index in [1.165, 1.54) is 11.3 Å². The molecule has 0 aliphatic heterocycles. The fraction of sp³-hybridized carbons (Fsp3) is 0.429. The minimum atomic E-state index is -0.187. The van der Waals surface area contributed by atoms with Crippen LogP contribution in [0, 0.1) is 0 Å². The molecule has 0 saturated heterocycles. The van der Waals surface area contributed by atoms with E-state index in [2.05, 4.69) is 11.9 Å². The van der Waals surface area contributed by atoms with Gasteiger partial charge in [0.25, 0.3) is 5.91 Å². The lowest BCUT2D eigenvalue weighted by Gasteiger charge is -2.34.